The molecule has 2 N–H and O–H groups in total. The zero-order valence-electron chi connectivity index (χ0n) is 20.1. The average Bonchev–Trinajstić information content (AvgIpc) is 3.34. The van der Waals surface area contributed by atoms with Crippen LogP contribution in [0.2, 0.25) is 0 Å². The van der Waals surface area contributed by atoms with Gasteiger partial charge in [0.1, 0.15) is 29.7 Å². The zero-order chi connectivity index (χ0) is 25.9. The summed E-state index contributed by atoms with van der Waals surface area (Å²) >= 11 is 1.13. The number of benzene rings is 3. The molecule has 4 rings (SSSR count). The van der Waals surface area contributed by atoms with Crippen molar-refractivity contribution in [1.82, 2.24) is 15.6 Å². The van der Waals surface area contributed by atoms with Gasteiger partial charge in [-0.25, -0.2) is 5.43 Å². The zero-order valence-corrected chi connectivity index (χ0v) is 20.9. The molecule has 0 aliphatic rings. The molecule has 9 nitrogen and oxygen atoms in total. The quantitative estimate of drug-likeness (QED) is 0.175. The summed E-state index contributed by atoms with van der Waals surface area (Å²) in [6, 6.07) is 24.0. The lowest BCUT2D eigenvalue weighted by atomic mass is 10.1. The van der Waals surface area contributed by atoms with Crippen molar-refractivity contribution in [3.63, 3.8) is 0 Å². The highest BCUT2D eigenvalue weighted by Crippen LogP contribution is 2.18. The third-order valence-corrected chi connectivity index (χ3v) is 5.82. The van der Waals surface area contributed by atoms with E-state index in [2.05, 4.69) is 26.0 Å². The number of aryl methyl sites for hydroxylation is 1. The number of hydrogen-bond donors (Lipinski definition) is 2. The number of nitrogens with one attached hydrogen (secondary N) is 2. The molecule has 1 heterocycles. The van der Waals surface area contributed by atoms with Crippen molar-refractivity contribution >= 4 is 34.5 Å². The molecule has 0 radical (unpaired) electrons. The summed E-state index contributed by atoms with van der Waals surface area (Å²) in [5.41, 5.74) is 4.77. The van der Waals surface area contributed by atoms with Crippen molar-refractivity contribution in [3.05, 3.63) is 101 Å². The van der Waals surface area contributed by atoms with Gasteiger partial charge >= 0.3 is 0 Å². The van der Waals surface area contributed by atoms with Crippen molar-refractivity contribution in [2.75, 3.05) is 18.5 Å². The van der Waals surface area contributed by atoms with Gasteiger partial charge in [0.15, 0.2) is 0 Å². The number of aromatic nitrogens is 2. The summed E-state index contributed by atoms with van der Waals surface area (Å²) in [5, 5.41) is 15.4. The van der Waals surface area contributed by atoms with E-state index in [1.54, 1.807) is 12.1 Å². The average molecular weight is 516 g/mol. The number of rotatable bonds is 11. The van der Waals surface area contributed by atoms with Gasteiger partial charge in [-0.2, -0.15) is 5.10 Å². The van der Waals surface area contributed by atoms with Crippen molar-refractivity contribution in [2.45, 2.75) is 13.3 Å². The van der Waals surface area contributed by atoms with Crippen LogP contribution in [0.5, 0.6) is 11.5 Å². The summed E-state index contributed by atoms with van der Waals surface area (Å²) in [5.74, 6) is 0.748. The molecule has 0 spiro atoms. The van der Waals surface area contributed by atoms with Gasteiger partial charge in [-0.05, 0) is 43.3 Å². The Labute approximate surface area is 218 Å². The van der Waals surface area contributed by atoms with Crippen molar-refractivity contribution < 1.29 is 19.1 Å². The van der Waals surface area contributed by atoms with Crippen LogP contribution in [0, 0.1) is 6.92 Å². The van der Waals surface area contributed by atoms with E-state index in [1.807, 2.05) is 73.7 Å². The SMILES string of the molecule is Cc1ccc(C(=O)Nc2nnc(CC(=O)N/N=C\c3ccccc3OCCOc3ccccc3)s2)cc1. The summed E-state index contributed by atoms with van der Waals surface area (Å²) in [7, 11) is 0. The van der Waals surface area contributed by atoms with E-state index in [1.165, 1.54) is 6.21 Å². The molecule has 0 unspecified atom stereocenters. The largest absolute Gasteiger partial charge is 0.490 e. The number of ether oxygens (including phenoxy) is 2. The molecule has 4 aromatic rings. The minimum atomic E-state index is -0.363. The van der Waals surface area contributed by atoms with Crippen LogP contribution in [0.1, 0.15) is 26.5 Å². The van der Waals surface area contributed by atoms with Crippen LogP contribution in [0.15, 0.2) is 84.0 Å². The van der Waals surface area contributed by atoms with Crippen molar-refractivity contribution in [3.8, 4) is 11.5 Å². The Balaban J connectivity index is 1.23. The molecule has 1 aromatic heterocycles. The van der Waals surface area contributed by atoms with Gasteiger partial charge in [-0.3, -0.25) is 14.9 Å². The van der Waals surface area contributed by atoms with E-state index in [9.17, 15) is 9.59 Å². The van der Waals surface area contributed by atoms with Gasteiger partial charge < -0.3 is 9.47 Å². The van der Waals surface area contributed by atoms with E-state index in [-0.39, 0.29) is 18.2 Å². The molecule has 10 heteroatoms. The maximum atomic E-state index is 12.3. The molecule has 0 saturated heterocycles. The fourth-order valence-corrected chi connectivity index (χ4v) is 3.88. The fraction of sp³-hybridized carbons (Fsp3) is 0.148. The predicted octanol–water partition coefficient (Wildman–Crippen LogP) is 4.25. The summed E-state index contributed by atoms with van der Waals surface area (Å²) < 4.78 is 11.4. The van der Waals surface area contributed by atoms with E-state index in [0.717, 1.165) is 22.6 Å². The van der Waals surface area contributed by atoms with Crippen LogP contribution in [-0.4, -0.2) is 41.4 Å². The number of hydrazone groups is 1. The number of carbonyl (C=O) groups excluding carboxylic acids is 2. The number of nitrogens with zero attached hydrogens (tertiary/aromatic N) is 3. The Morgan fingerprint density at radius 3 is 2.46 bits per heavy atom. The maximum Gasteiger partial charge on any atom is 0.257 e. The van der Waals surface area contributed by atoms with Crippen LogP contribution in [0.25, 0.3) is 0 Å². The predicted molar refractivity (Wildman–Crippen MR) is 142 cm³/mol. The molecule has 37 heavy (non-hydrogen) atoms. The number of anilines is 1. The van der Waals surface area contributed by atoms with Crippen molar-refractivity contribution in [2.24, 2.45) is 5.10 Å². The number of carbonyl (C=O) groups is 2. The number of hydrogen-bond acceptors (Lipinski definition) is 8. The highest BCUT2D eigenvalue weighted by Gasteiger charge is 2.12. The molecule has 2 amide bonds. The smallest absolute Gasteiger partial charge is 0.257 e. The normalized spacial score (nSPS) is 10.7. The highest BCUT2D eigenvalue weighted by atomic mass is 32.1. The van der Waals surface area contributed by atoms with Crippen LogP contribution in [0.3, 0.4) is 0 Å². The Hall–Kier alpha value is -4.57. The van der Waals surface area contributed by atoms with Gasteiger partial charge in [-0.15, -0.1) is 10.2 Å². The lowest BCUT2D eigenvalue weighted by Gasteiger charge is -2.10. The van der Waals surface area contributed by atoms with Crippen LogP contribution >= 0.6 is 11.3 Å². The number of para-hydroxylation sites is 2. The first-order valence-corrected chi connectivity index (χ1v) is 12.3. The first-order chi connectivity index (χ1) is 18.1. The van der Waals surface area contributed by atoms with E-state index in [4.69, 9.17) is 9.47 Å². The molecule has 0 bridgehead atoms. The standard InChI is InChI=1S/C27H25N5O4S/c1-19-11-13-20(14-12-19)26(34)29-27-32-31-25(37-27)17-24(33)30-28-18-21-7-5-6-10-23(21)36-16-15-35-22-8-3-2-4-9-22/h2-14,18H,15-17H2,1H3,(H,30,33)(H,29,32,34)/b28-18-. The van der Waals surface area contributed by atoms with Gasteiger partial charge in [-0.1, -0.05) is 59.4 Å². The highest BCUT2D eigenvalue weighted by molar-refractivity contribution is 7.15. The summed E-state index contributed by atoms with van der Waals surface area (Å²) in [6.07, 6.45) is 1.49. The Morgan fingerprint density at radius 2 is 1.65 bits per heavy atom. The minimum Gasteiger partial charge on any atom is -0.490 e. The summed E-state index contributed by atoms with van der Waals surface area (Å²) in [6.45, 7) is 2.69. The third kappa shape index (κ3) is 7.97. The topological polar surface area (TPSA) is 115 Å². The molecule has 0 aliphatic heterocycles. The number of amides is 2. The second-order valence-corrected chi connectivity index (χ2v) is 8.90. The van der Waals surface area contributed by atoms with Crippen LogP contribution in [0.4, 0.5) is 5.13 Å². The first kappa shape index (κ1) is 25.5. The Morgan fingerprint density at radius 1 is 0.919 bits per heavy atom. The third-order valence-electron chi connectivity index (χ3n) is 4.98. The fourth-order valence-electron chi connectivity index (χ4n) is 3.15. The second-order valence-electron chi connectivity index (χ2n) is 7.84. The van der Waals surface area contributed by atoms with Gasteiger partial charge in [0.2, 0.25) is 11.0 Å². The maximum absolute atomic E-state index is 12.3. The monoisotopic (exact) mass is 515 g/mol. The van der Waals surface area contributed by atoms with Crippen molar-refractivity contribution in [1.29, 1.82) is 0 Å². The van der Waals surface area contributed by atoms with Gasteiger partial charge in [0.25, 0.3) is 5.91 Å². The molecule has 0 aliphatic carbocycles. The Kier molecular flexibility index (Phi) is 8.92. The molecular weight excluding hydrogens is 490 g/mol. The van der Waals surface area contributed by atoms with Crippen LogP contribution < -0.4 is 20.2 Å². The lowest BCUT2D eigenvalue weighted by Crippen LogP contribution is -2.19. The second kappa shape index (κ2) is 12.9. The summed E-state index contributed by atoms with van der Waals surface area (Å²) in [4.78, 5) is 24.6. The first-order valence-electron chi connectivity index (χ1n) is 11.5. The molecule has 3 aromatic carbocycles. The molecule has 0 fully saturated rings. The van der Waals surface area contributed by atoms with E-state index in [0.29, 0.717) is 40.2 Å². The molecule has 188 valence electrons. The van der Waals surface area contributed by atoms with Crippen LogP contribution in [-0.2, 0) is 11.2 Å². The molecular formula is C27H25N5O4S. The Bertz CT molecular complexity index is 1360. The lowest BCUT2D eigenvalue weighted by molar-refractivity contribution is -0.120. The molecule has 0 saturated carbocycles. The van der Waals surface area contributed by atoms with Gasteiger partial charge in [0, 0.05) is 11.1 Å². The van der Waals surface area contributed by atoms with Gasteiger partial charge in [0.05, 0.1) is 12.6 Å². The molecule has 0 atom stereocenters. The van der Waals surface area contributed by atoms with E-state index < -0.39 is 0 Å². The van der Waals surface area contributed by atoms with E-state index >= 15 is 0 Å². The minimum absolute atomic E-state index is 0.0234.